The van der Waals surface area contributed by atoms with Gasteiger partial charge in [0, 0.05) is 12.7 Å². The molecule has 2 aromatic rings. The molecule has 0 saturated carbocycles. The molecule has 1 amide bonds. The Kier molecular flexibility index (Phi) is 5.96. The maximum absolute atomic E-state index is 12.6. The Morgan fingerprint density at radius 3 is 2.22 bits per heavy atom. The van der Waals surface area contributed by atoms with Crippen LogP contribution in [0.5, 0.6) is 0 Å². The number of hydrazine groups is 1. The second-order valence-electron chi connectivity index (χ2n) is 4.70. The summed E-state index contributed by atoms with van der Waals surface area (Å²) in [7, 11) is 1.65. The third-order valence-electron chi connectivity index (χ3n) is 3.09. The maximum Gasteiger partial charge on any atom is 0.253 e. The van der Waals surface area contributed by atoms with Gasteiger partial charge in [-0.05, 0) is 17.7 Å². The van der Waals surface area contributed by atoms with Crippen molar-refractivity contribution in [3.63, 3.8) is 0 Å². The summed E-state index contributed by atoms with van der Waals surface area (Å²) in [6.07, 6.45) is 0. The molecular weight excluding hydrogens is 292 g/mol. The van der Waals surface area contributed by atoms with Crippen LogP contribution in [0.4, 0.5) is 5.69 Å². The lowest BCUT2D eigenvalue weighted by atomic mass is 10.1. The molecule has 2 aromatic carbocycles. The third-order valence-corrected chi connectivity index (χ3v) is 3.09. The molecule has 0 aromatic heterocycles. The van der Waals surface area contributed by atoms with Gasteiger partial charge in [0.25, 0.3) is 5.91 Å². The van der Waals surface area contributed by atoms with Crippen LogP contribution in [0, 0.1) is 0 Å². The van der Waals surface area contributed by atoms with Gasteiger partial charge in [0.2, 0.25) is 5.96 Å². The Morgan fingerprint density at radius 2 is 1.65 bits per heavy atom. The minimum atomic E-state index is -0.589. The van der Waals surface area contributed by atoms with E-state index in [0.717, 1.165) is 11.3 Å². The number of amides is 1. The predicted octanol–water partition coefficient (Wildman–Crippen LogP) is 0.910. The van der Waals surface area contributed by atoms with E-state index < -0.39 is 6.04 Å². The van der Waals surface area contributed by atoms with Crippen LogP contribution in [-0.4, -0.2) is 18.9 Å². The molecule has 2 rings (SSSR count). The highest BCUT2D eigenvalue weighted by molar-refractivity contribution is 6.00. The summed E-state index contributed by atoms with van der Waals surface area (Å²) in [5.74, 6) is 5.10. The van der Waals surface area contributed by atoms with Gasteiger partial charge in [0.15, 0.2) is 0 Å². The lowest BCUT2D eigenvalue weighted by Crippen LogP contribution is -2.49. The van der Waals surface area contributed by atoms with Gasteiger partial charge in [-0.3, -0.25) is 15.5 Å². The maximum atomic E-state index is 12.6. The van der Waals surface area contributed by atoms with Crippen LogP contribution in [-0.2, 0) is 4.79 Å². The molecule has 0 heterocycles. The standard InChI is InChI=1S/C16H20N6O/c1-18-22-16(21-17)20-15(23)14(12-8-4-2-5-9-12)19-13-10-6-3-7-11-13/h2-11,14,18-19H,17H2,1H3,(H2,20,21,22,23). The monoisotopic (exact) mass is 312 g/mol. The molecule has 7 nitrogen and oxygen atoms in total. The number of guanidine groups is 1. The number of para-hydroxylation sites is 1. The van der Waals surface area contributed by atoms with Crippen LogP contribution in [0.25, 0.3) is 0 Å². The summed E-state index contributed by atoms with van der Waals surface area (Å²) >= 11 is 0. The van der Waals surface area contributed by atoms with Crippen LogP contribution in [0.15, 0.2) is 65.8 Å². The molecule has 0 aliphatic heterocycles. The van der Waals surface area contributed by atoms with E-state index in [9.17, 15) is 4.79 Å². The van der Waals surface area contributed by atoms with Crippen molar-refractivity contribution < 1.29 is 4.79 Å². The second kappa shape index (κ2) is 8.40. The van der Waals surface area contributed by atoms with Gasteiger partial charge >= 0.3 is 0 Å². The quantitative estimate of drug-likeness (QED) is 0.244. The lowest BCUT2D eigenvalue weighted by molar-refractivity contribution is -0.120. The Hall–Kier alpha value is -3.06. The molecule has 7 heteroatoms. The van der Waals surface area contributed by atoms with Crippen molar-refractivity contribution in [2.45, 2.75) is 6.04 Å². The largest absolute Gasteiger partial charge is 0.370 e. The predicted molar refractivity (Wildman–Crippen MR) is 91.2 cm³/mol. The van der Waals surface area contributed by atoms with E-state index in [1.807, 2.05) is 60.7 Å². The third kappa shape index (κ3) is 4.72. The number of rotatable bonds is 5. The van der Waals surface area contributed by atoms with E-state index in [-0.39, 0.29) is 11.9 Å². The van der Waals surface area contributed by atoms with Crippen LogP contribution in [0.2, 0.25) is 0 Å². The summed E-state index contributed by atoms with van der Waals surface area (Å²) in [5.41, 5.74) is 6.97. The Bertz CT molecular complexity index is 644. The first kappa shape index (κ1) is 16.3. The summed E-state index contributed by atoms with van der Waals surface area (Å²) in [5, 5.41) is 9.33. The first-order chi connectivity index (χ1) is 11.2. The van der Waals surface area contributed by atoms with Crippen molar-refractivity contribution >= 4 is 17.6 Å². The van der Waals surface area contributed by atoms with E-state index in [0.29, 0.717) is 0 Å². The molecule has 0 saturated heterocycles. The highest BCUT2D eigenvalue weighted by Gasteiger charge is 2.21. The van der Waals surface area contributed by atoms with Gasteiger partial charge in [-0.25, -0.2) is 5.43 Å². The van der Waals surface area contributed by atoms with Crippen molar-refractivity contribution in [2.24, 2.45) is 10.9 Å². The fourth-order valence-electron chi connectivity index (χ4n) is 2.05. The summed E-state index contributed by atoms with van der Waals surface area (Å²) in [4.78, 5) is 12.6. The van der Waals surface area contributed by atoms with Crippen LogP contribution < -0.4 is 27.3 Å². The minimum absolute atomic E-state index is 0.133. The van der Waals surface area contributed by atoms with E-state index >= 15 is 0 Å². The summed E-state index contributed by atoms with van der Waals surface area (Å²) in [6.45, 7) is 0. The minimum Gasteiger partial charge on any atom is -0.370 e. The van der Waals surface area contributed by atoms with E-state index in [4.69, 9.17) is 5.84 Å². The number of hydrogen-bond acceptors (Lipinski definition) is 5. The first-order valence-electron chi connectivity index (χ1n) is 7.12. The summed E-state index contributed by atoms with van der Waals surface area (Å²) < 4.78 is 0. The molecule has 1 atom stereocenters. The molecular formula is C16H20N6O. The summed E-state index contributed by atoms with van der Waals surface area (Å²) in [6, 6.07) is 18.3. The smallest absolute Gasteiger partial charge is 0.253 e. The van der Waals surface area contributed by atoms with Crippen LogP contribution in [0.3, 0.4) is 0 Å². The van der Waals surface area contributed by atoms with Crippen molar-refractivity contribution in [2.75, 3.05) is 12.4 Å². The van der Waals surface area contributed by atoms with Gasteiger partial charge in [-0.1, -0.05) is 48.5 Å². The zero-order valence-corrected chi connectivity index (χ0v) is 12.8. The number of nitrogens with two attached hydrogens (primary N) is 1. The highest BCUT2D eigenvalue weighted by Crippen LogP contribution is 2.19. The fraction of sp³-hybridized carbons (Fsp3) is 0.125. The average Bonchev–Trinajstić information content (AvgIpc) is 2.60. The molecule has 0 spiro atoms. The highest BCUT2D eigenvalue weighted by atomic mass is 16.2. The number of nitrogens with zero attached hydrogens (tertiary/aromatic N) is 1. The topological polar surface area (TPSA) is 104 Å². The van der Waals surface area contributed by atoms with E-state index in [1.165, 1.54) is 0 Å². The van der Waals surface area contributed by atoms with Crippen molar-refractivity contribution in [1.82, 2.24) is 16.2 Å². The number of benzene rings is 2. The molecule has 1 unspecified atom stereocenters. The SMILES string of the molecule is CNNC(=NN)NC(=O)C(Nc1ccccc1)c1ccccc1. The van der Waals surface area contributed by atoms with Crippen LogP contribution in [0.1, 0.15) is 11.6 Å². The van der Waals surface area contributed by atoms with Gasteiger partial charge in [0.1, 0.15) is 6.04 Å². The molecule has 6 N–H and O–H groups in total. The molecule has 120 valence electrons. The Labute approximate surface area is 134 Å². The normalized spacial score (nSPS) is 12.3. The van der Waals surface area contributed by atoms with Gasteiger partial charge in [0.05, 0.1) is 0 Å². The Balaban J connectivity index is 2.21. The van der Waals surface area contributed by atoms with Crippen molar-refractivity contribution in [1.29, 1.82) is 0 Å². The molecule has 23 heavy (non-hydrogen) atoms. The molecule has 0 bridgehead atoms. The number of carbonyl (C=O) groups is 1. The number of hydrazone groups is 1. The van der Waals surface area contributed by atoms with Crippen molar-refractivity contribution in [3.8, 4) is 0 Å². The van der Waals surface area contributed by atoms with Gasteiger partial charge in [-0.2, -0.15) is 0 Å². The van der Waals surface area contributed by atoms with E-state index in [2.05, 4.69) is 26.6 Å². The van der Waals surface area contributed by atoms with Crippen molar-refractivity contribution in [3.05, 3.63) is 66.2 Å². The number of carbonyl (C=O) groups excluding carboxylic acids is 1. The first-order valence-corrected chi connectivity index (χ1v) is 7.12. The Morgan fingerprint density at radius 1 is 1.04 bits per heavy atom. The lowest BCUT2D eigenvalue weighted by Gasteiger charge is -2.20. The number of anilines is 1. The zero-order chi connectivity index (χ0) is 16.5. The van der Waals surface area contributed by atoms with Gasteiger partial charge in [-0.15, -0.1) is 5.10 Å². The average molecular weight is 312 g/mol. The molecule has 0 radical (unpaired) electrons. The molecule has 0 fully saturated rings. The number of hydrogen-bond donors (Lipinski definition) is 5. The fourth-order valence-corrected chi connectivity index (χ4v) is 2.05. The second-order valence-corrected chi connectivity index (χ2v) is 4.70. The van der Waals surface area contributed by atoms with Gasteiger partial charge < -0.3 is 11.2 Å². The zero-order valence-electron chi connectivity index (χ0n) is 12.8. The molecule has 0 aliphatic carbocycles. The number of nitrogens with one attached hydrogen (secondary N) is 4. The van der Waals surface area contributed by atoms with Crippen LogP contribution >= 0.6 is 0 Å². The molecule has 0 aliphatic rings. The van der Waals surface area contributed by atoms with E-state index in [1.54, 1.807) is 7.05 Å².